The molecule has 1 aliphatic heterocycles. The van der Waals surface area contributed by atoms with Crippen LogP contribution in [-0.4, -0.2) is 30.1 Å². The molecule has 1 aromatic carbocycles. The van der Waals surface area contributed by atoms with E-state index in [1.54, 1.807) is 12.2 Å². The smallest absolute Gasteiger partial charge is 0.407 e. The number of halogens is 1. The van der Waals surface area contributed by atoms with Crippen LogP contribution in [0.1, 0.15) is 12.0 Å². The van der Waals surface area contributed by atoms with Gasteiger partial charge in [-0.15, -0.1) is 0 Å². The Labute approximate surface area is 142 Å². The first kappa shape index (κ1) is 16.0. The van der Waals surface area contributed by atoms with Crippen LogP contribution in [0.15, 0.2) is 53.0 Å². The molecule has 2 aliphatic rings. The fraction of sp³-hybridized carbons (Fsp3) is 0.294. The second-order valence-electron chi connectivity index (χ2n) is 5.56. The van der Waals surface area contributed by atoms with Crippen LogP contribution in [0.4, 0.5) is 4.79 Å². The summed E-state index contributed by atoms with van der Waals surface area (Å²) in [6.07, 6.45) is 5.05. The minimum atomic E-state index is -0.635. The first-order valence-corrected chi connectivity index (χ1v) is 8.09. The van der Waals surface area contributed by atoms with Crippen LogP contribution < -0.4 is 5.32 Å². The van der Waals surface area contributed by atoms with Gasteiger partial charge in [-0.25, -0.2) is 4.79 Å². The van der Waals surface area contributed by atoms with Crippen molar-refractivity contribution in [1.82, 2.24) is 5.32 Å². The molecular formula is C17H16BrNO4. The molecule has 1 N–H and O–H groups in total. The Morgan fingerprint density at radius 3 is 2.91 bits per heavy atom. The zero-order valence-electron chi connectivity index (χ0n) is 12.3. The minimum Gasteiger partial charge on any atom is -0.445 e. The van der Waals surface area contributed by atoms with Gasteiger partial charge in [0.25, 0.3) is 0 Å². The van der Waals surface area contributed by atoms with Gasteiger partial charge < -0.3 is 14.8 Å². The third-order valence-corrected chi connectivity index (χ3v) is 4.40. The molecule has 6 heteroatoms. The molecule has 23 heavy (non-hydrogen) atoms. The van der Waals surface area contributed by atoms with Crippen molar-refractivity contribution in [2.45, 2.75) is 24.7 Å². The Hall–Kier alpha value is -1.92. The quantitative estimate of drug-likeness (QED) is 0.879. The van der Waals surface area contributed by atoms with Gasteiger partial charge in [0.05, 0.1) is 17.1 Å². The highest BCUT2D eigenvalue weighted by Crippen LogP contribution is 2.34. The number of carbonyl (C=O) groups is 2. The molecule has 1 aliphatic carbocycles. The molecule has 1 spiro atoms. The average molecular weight is 378 g/mol. The summed E-state index contributed by atoms with van der Waals surface area (Å²) in [6, 6.07) is 9.33. The summed E-state index contributed by atoms with van der Waals surface area (Å²) in [7, 11) is 0. The largest absolute Gasteiger partial charge is 0.445 e. The molecule has 0 saturated carbocycles. The Morgan fingerprint density at radius 2 is 2.17 bits per heavy atom. The molecule has 0 unspecified atom stereocenters. The van der Waals surface area contributed by atoms with E-state index in [4.69, 9.17) is 9.47 Å². The van der Waals surface area contributed by atoms with Crippen LogP contribution in [0.2, 0.25) is 0 Å². The van der Waals surface area contributed by atoms with Crippen molar-refractivity contribution in [3.05, 3.63) is 58.6 Å². The predicted octanol–water partition coefficient (Wildman–Crippen LogP) is 2.86. The third-order valence-electron chi connectivity index (χ3n) is 3.78. The monoisotopic (exact) mass is 377 g/mol. The number of allylic oxidation sites excluding steroid dienone is 2. The van der Waals surface area contributed by atoms with Gasteiger partial charge in [0.15, 0.2) is 5.78 Å². The van der Waals surface area contributed by atoms with E-state index < -0.39 is 11.7 Å². The summed E-state index contributed by atoms with van der Waals surface area (Å²) >= 11 is 3.23. The fourth-order valence-electron chi connectivity index (χ4n) is 2.63. The van der Waals surface area contributed by atoms with Crippen molar-refractivity contribution in [3.63, 3.8) is 0 Å². The van der Waals surface area contributed by atoms with E-state index in [0.29, 0.717) is 17.5 Å². The first-order chi connectivity index (χ1) is 11.1. The molecular weight excluding hydrogens is 362 g/mol. The van der Waals surface area contributed by atoms with Crippen molar-refractivity contribution < 1.29 is 19.1 Å². The molecule has 120 valence electrons. The fourth-order valence-corrected chi connectivity index (χ4v) is 3.15. The number of nitrogens with one attached hydrogen (secondary N) is 1. The summed E-state index contributed by atoms with van der Waals surface area (Å²) in [4.78, 5) is 23.3. The molecule has 0 aromatic heterocycles. The lowest BCUT2D eigenvalue weighted by atomic mass is 9.93. The van der Waals surface area contributed by atoms with Crippen molar-refractivity contribution in [3.8, 4) is 0 Å². The van der Waals surface area contributed by atoms with Gasteiger partial charge in [0.2, 0.25) is 0 Å². The number of carbonyl (C=O) groups excluding carboxylic acids is 2. The average Bonchev–Trinajstić information content (AvgIpc) is 2.93. The molecule has 2 atom stereocenters. The maximum atomic E-state index is 11.9. The van der Waals surface area contributed by atoms with E-state index >= 15 is 0 Å². The Morgan fingerprint density at radius 1 is 1.39 bits per heavy atom. The van der Waals surface area contributed by atoms with E-state index in [1.807, 2.05) is 30.3 Å². The van der Waals surface area contributed by atoms with Gasteiger partial charge in [0, 0.05) is 6.42 Å². The van der Waals surface area contributed by atoms with Crippen LogP contribution in [-0.2, 0) is 20.9 Å². The lowest BCUT2D eigenvalue weighted by Gasteiger charge is -2.23. The Balaban J connectivity index is 1.51. The van der Waals surface area contributed by atoms with E-state index in [0.717, 1.165) is 5.56 Å². The zero-order chi connectivity index (χ0) is 16.3. The number of benzene rings is 1. The van der Waals surface area contributed by atoms with Crippen LogP contribution in [0, 0.1) is 0 Å². The number of amides is 1. The highest BCUT2D eigenvalue weighted by atomic mass is 79.9. The number of hydrogen-bond acceptors (Lipinski definition) is 4. The zero-order valence-corrected chi connectivity index (χ0v) is 13.9. The minimum absolute atomic E-state index is 0.0853. The maximum absolute atomic E-state index is 11.9. The molecule has 3 rings (SSSR count). The normalized spacial score (nSPS) is 26.2. The van der Waals surface area contributed by atoms with E-state index in [1.165, 1.54) is 6.08 Å². The van der Waals surface area contributed by atoms with Crippen LogP contribution in [0.25, 0.3) is 0 Å². The van der Waals surface area contributed by atoms with E-state index in [-0.39, 0.29) is 18.4 Å². The number of ketones is 1. The van der Waals surface area contributed by atoms with Crippen molar-refractivity contribution in [1.29, 1.82) is 0 Å². The van der Waals surface area contributed by atoms with Crippen LogP contribution in [0.3, 0.4) is 0 Å². The maximum Gasteiger partial charge on any atom is 0.407 e. The highest BCUT2D eigenvalue weighted by molar-refractivity contribution is 9.12. The molecule has 0 radical (unpaired) electrons. The van der Waals surface area contributed by atoms with Gasteiger partial charge in [-0.2, -0.15) is 0 Å². The van der Waals surface area contributed by atoms with E-state index in [2.05, 4.69) is 21.2 Å². The molecule has 1 heterocycles. The van der Waals surface area contributed by atoms with Crippen molar-refractivity contribution >= 4 is 27.8 Å². The third kappa shape index (κ3) is 3.89. The Kier molecular flexibility index (Phi) is 4.63. The first-order valence-electron chi connectivity index (χ1n) is 7.29. The molecule has 5 nitrogen and oxygen atoms in total. The molecule has 1 fully saturated rings. The highest BCUT2D eigenvalue weighted by Gasteiger charge is 2.39. The van der Waals surface area contributed by atoms with E-state index in [9.17, 15) is 9.59 Å². The van der Waals surface area contributed by atoms with Crippen LogP contribution in [0.5, 0.6) is 0 Å². The topological polar surface area (TPSA) is 64.6 Å². The summed E-state index contributed by atoms with van der Waals surface area (Å²) in [5.74, 6) is -0.0853. The molecule has 1 aromatic rings. The Bertz CT molecular complexity index is 670. The second-order valence-corrected chi connectivity index (χ2v) is 6.42. The van der Waals surface area contributed by atoms with Gasteiger partial charge in [0.1, 0.15) is 12.2 Å². The van der Waals surface area contributed by atoms with Crippen LogP contribution >= 0.6 is 15.9 Å². The van der Waals surface area contributed by atoms with Gasteiger partial charge in [-0.05, 0) is 39.7 Å². The number of ether oxygens (including phenoxy) is 2. The van der Waals surface area contributed by atoms with Gasteiger partial charge >= 0.3 is 6.09 Å². The standard InChI is InChI=1S/C17H16BrNO4/c18-14-9-17(7-6-15(14)20)8-13(11-23-17)19-16(21)22-10-12-4-2-1-3-5-12/h1-7,9,13H,8,10-11H2,(H,19,21)/t13-,17-/m0/s1. The SMILES string of the molecule is O=C(N[C@@H]1CO[C@@]2(C=CC(=O)C(Br)=C2)C1)OCc1ccccc1. The summed E-state index contributed by atoms with van der Waals surface area (Å²) in [5.41, 5.74) is 0.298. The number of hydrogen-bond donors (Lipinski definition) is 1. The number of alkyl carbamates (subject to hydrolysis) is 1. The lowest BCUT2D eigenvalue weighted by molar-refractivity contribution is -0.111. The number of rotatable bonds is 3. The van der Waals surface area contributed by atoms with Crippen molar-refractivity contribution in [2.75, 3.05) is 6.61 Å². The lowest BCUT2D eigenvalue weighted by Crippen LogP contribution is -2.36. The second kappa shape index (κ2) is 6.68. The summed E-state index contributed by atoms with van der Waals surface area (Å²) in [6.45, 7) is 0.598. The molecule has 1 saturated heterocycles. The predicted molar refractivity (Wildman–Crippen MR) is 88.0 cm³/mol. The van der Waals surface area contributed by atoms with Gasteiger partial charge in [-0.3, -0.25) is 4.79 Å². The molecule has 0 bridgehead atoms. The molecule has 1 amide bonds. The van der Waals surface area contributed by atoms with Crippen molar-refractivity contribution in [2.24, 2.45) is 0 Å². The summed E-state index contributed by atoms with van der Waals surface area (Å²) in [5, 5.41) is 2.80. The van der Waals surface area contributed by atoms with Gasteiger partial charge in [-0.1, -0.05) is 30.3 Å². The summed E-state index contributed by atoms with van der Waals surface area (Å²) < 4.78 is 11.4.